The highest BCUT2D eigenvalue weighted by Gasteiger charge is 2.18. The first-order valence-corrected chi connectivity index (χ1v) is 5.94. The van der Waals surface area contributed by atoms with Crippen LogP contribution in [0.3, 0.4) is 0 Å². The van der Waals surface area contributed by atoms with Crippen molar-refractivity contribution in [2.24, 2.45) is 5.92 Å². The van der Waals surface area contributed by atoms with Gasteiger partial charge in [-0.2, -0.15) is 0 Å². The van der Waals surface area contributed by atoms with E-state index in [0.29, 0.717) is 19.4 Å². The van der Waals surface area contributed by atoms with Crippen molar-refractivity contribution >= 4 is 5.97 Å². The first kappa shape index (κ1) is 13.4. The molecule has 0 aliphatic heterocycles. The first-order chi connectivity index (χ1) is 8.27. The molecule has 0 N–H and O–H groups in total. The molecule has 1 aromatic heterocycles. The number of esters is 1. The van der Waals surface area contributed by atoms with Gasteiger partial charge in [0, 0.05) is 12.4 Å². The van der Waals surface area contributed by atoms with Gasteiger partial charge in [-0.15, -0.1) is 0 Å². The number of hydrogen-bond donors (Lipinski definition) is 0. The lowest BCUT2D eigenvalue weighted by atomic mass is 9.97. The Balaban J connectivity index is 2.66. The number of ether oxygens (including phenoxy) is 1. The van der Waals surface area contributed by atoms with Gasteiger partial charge in [-0.05, 0) is 38.3 Å². The highest BCUT2D eigenvalue weighted by atomic mass is 16.5. The fourth-order valence-corrected chi connectivity index (χ4v) is 1.63. The van der Waals surface area contributed by atoms with Crippen LogP contribution < -0.4 is 0 Å². The lowest BCUT2D eigenvalue weighted by Gasteiger charge is -2.13. The fourth-order valence-electron chi connectivity index (χ4n) is 1.63. The van der Waals surface area contributed by atoms with Crippen molar-refractivity contribution in [3.8, 4) is 0 Å². The summed E-state index contributed by atoms with van der Waals surface area (Å²) in [7, 11) is 0. The maximum absolute atomic E-state index is 11.8. The maximum atomic E-state index is 11.8. The van der Waals surface area contributed by atoms with Crippen molar-refractivity contribution < 1.29 is 9.53 Å². The fraction of sp³-hybridized carbons (Fsp3) is 0.429. The minimum absolute atomic E-state index is 0.115. The highest BCUT2D eigenvalue weighted by molar-refractivity contribution is 5.73. The molecule has 17 heavy (non-hydrogen) atoms. The number of carbonyl (C=O) groups is 1. The Kier molecular flexibility index (Phi) is 6.00. The molecule has 0 aliphatic rings. The third kappa shape index (κ3) is 4.81. The van der Waals surface area contributed by atoms with E-state index in [1.54, 1.807) is 12.4 Å². The predicted octanol–water partition coefficient (Wildman–Crippen LogP) is 2.77. The Labute approximate surface area is 103 Å². The molecule has 1 rings (SSSR count). The van der Waals surface area contributed by atoms with Crippen molar-refractivity contribution in [3.05, 3.63) is 42.2 Å². The van der Waals surface area contributed by atoms with Crippen molar-refractivity contribution in [1.82, 2.24) is 4.98 Å². The molecule has 1 heterocycles. The second-order valence-corrected chi connectivity index (χ2v) is 3.82. The summed E-state index contributed by atoms with van der Waals surface area (Å²) in [4.78, 5) is 15.8. The molecule has 0 aliphatic carbocycles. The molecule has 0 fully saturated rings. The van der Waals surface area contributed by atoms with Gasteiger partial charge in [0.15, 0.2) is 0 Å². The normalized spacial score (nSPS) is 12.6. The van der Waals surface area contributed by atoms with Gasteiger partial charge in [0.1, 0.15) is 0 Å². The number of pyridine rings is 1. The number of aromatic nitrogens is 1. The summed E-state index contributed by atoms with van der Waals surface area (Å²) in [6.45, 7) is 4.21. The van der Waals surface area contributed by atoms with E-state index in [9.17, 15) is 4.79 Å². The van der Waals surface area contributed by atoms with Crippen molar-refractivity contribution in [1.29, 1.82) is 0 Å². The third-order valence-electron chi connectivity index (χ3n) is 2.48. The Hall–Kier alpha value is -1.64. The number of allylic oxidation sites excluding steroid dienone is 2. The zero-order valence-electron chi connectivity index (χ0n) is 10.4. The Morgan fingerprint density at radius 3 is 3.00 bits per heavy atom. The molecule has 0 bridgehead atoms. The zero-order valence-corrected chi connectivity index (χ0v) is 10.4. The Morgan fingerprint density at radius 1 is 1.59 bits per heavy atom. The van der Waals surface area contributed by atoms with Crippen LogP contribution in [0.15, 0.2) is 36.7 Å². The van der Waals surface area contributed by atoms with Crippen LogP contribution in [0.5, 0.6) is 0 Å². The van der Waals surface area contributed by atoms with Gasteiger partial charge < -0.3 is 4.74 Å². The molecule has 3 heteroatoms. The average molecular weight is 233 g/mol. The highest BCUT2D eigenvalue weighted by Crippen LogP contribution is 2.14. The van der Waals surface area contributed by atoms with E-state index in [4.69, 9.17) is 4.74 Å². The summed E-state index contributed by atoms with van der Waals surface area (Å²) in [6.07, 6.45) is 8.87. The Morgan fingerprint density at radius 2 is 2.41 bits per heavy atom. The number of nitrogens with zero attached hydrogens (tertiary/aromatic N) is 1. The number of carbonyl (C=O) groups excluding carboxylic acids is 1. The molecular formula is C14H19NO2. The standard InChI is InChI=1S/C14H19NO2/c1-3-5-8-13(14(16)17-4-2)10-12-7-6-9-15-11-12/h3,5-7,9,11,13H,4,8,10H2,1-2H3. The quantitative estimate of drug-likeness (QED) is 0.560. The summed E-state index contributed by atoms with van der Waals surface area (Å²) in [5.74, 6) is -0.246. The molecule has 92 valence electrons. The van der Waals surface area contributed by atoms with Crippen molar-refractivity contribution in [2.75, 3.05) is 6.61 Å². The van der Waals surface area contributed by atoms with E-state index in [2.05, 4.69) is 4.98 Å². The van der Waals surface area contributed by atoms with E-state index in [-0.39, 0.29) is 11.9 Å². The first-order valence-electron chi connectivity index (χ1n) is 5.94. The molecule has 1 unspecified atom stereocenters. The molecule has 1 aromatic rings. The van der Waals surface area contributed by atoms with Crippen LogP contribution in [0, 0.1) is 5.92 Å². The smallest absolute Gasteiger partial charge is 0.309 e. The summed E-state index contributed by atoms with van der Waals surface area (Å²) < 4.78 is 5.08. The maximum Gasteiger partial charge on any atom is 0.309 e. The number of hydrogen-bond acceptors (Lipinski definition) is 3. The van der Waals surface area contributed by atoms with Gasteiger partial charge in [-0.1, -0.05) is 18.2 Å². The number of rotatable bonds is 6. The van der Waals surface area contributed by atoms with E-state index in [1.807, 2.05) is 38.1 Å². The third-order valence-corrected chi connectivity index (χ3v) is 2.48. The lowest BCUT2D eigenvalue weighted by Crippen LogP contribution is -2.19. The lowest BCUT2D eigenvalue weighted by molar-refractivity contribution is -0.147. The van der Waals surface area contributed by atoms with Crippen LogP contribution >= 0.6 is 0 Å². The van der Waals surface area contributed by atoms with Crippen molar-refractivity contribution in [3.63, 3.8) is 0 Å². The van der Waals surface area contributed by atoms with Gasteiger partial charge >= 0.3 is 5.97 Å². The minimum atomic E-state index is -0.130. The van der Waals surface area contributed by atoms with E-state index in [0.717, 1.165) is 5.56 Å². The van der Waals surface area contributed by atoms with Crippen LogP contribution in [0.2, 0.25) is 0 Å². The molecular weight excluding hydrogens is 214 g/mol. The van der Waals surface area contributed by atoms with Crippen LogP contribution in [-0.4, -0.2) is 17.6 Å². The van der Waals surface area contributed by atoms with Crippen LogP contribution in [0.25, 0.3) is 0 Å². The largest absolute Gasteiger partial charge is 0.466 e. The summed E-state index contributed by atoms with van der Waals surface area (Å²) >= 11 is 0. The van der Waals surface area contributed by atoms with E-state index >= 15 is 0 Å². The predicted molar refractivity (Wildman–Crippen MR) is 67.5 cm³/mol. The molecule has 0 amide bonds. The molecule has 0 radical (unpaired) electrons. The van der Waals surface area contributed by atoms with Gasteiger partial charge in [0.25, 0.3) is 0 Å². The van der Waals surface area contributed by atoms with E-state index < -0.39 is 0 Å². The molecule has 3 nitrogen and oxygen atoms in total. The van der Waals surface area contributed by atoms with Gasteiger partial charge in [0.05, 0.1) is 12.5 Å². The summed E-state index contributed by atoms with van der Waals surface area (Å²) in [5.41, 5.74) is 1.06. The van der Waals surface area contributed by atoms with Crippen LogP contribution in [0.4, 0.5) is 0 Å². The summed E-state index contributed by atoms with van der Waals surface area (Å²) in [6, 6.07) is 3.86. The Bertz CT molecular complexity index is 360. The van der Waals surface area contributed by atoms with Crippen LogP contribution in [0.1, 0.15) is 25.8 Å². The topological polar surface area (TPSA) is 39.2 Å². The average Bonchev–Trinajstić information content (AvgIpc) is 2.36. The molecule has 0 saturated carbocycles. The van der Waals surface area contributed by atoms with Crippen LogP contribution in [-0.2, 0) is 16.0 Å². The van der Waals surface area contributed by atoms with E-state index in [1.165, 1.54) is 0 Å². The second kappa shape index (κ2) is 7.60. The zero-order chi connectivity index (χ0) is 12.5. The van der Waals surface area contributed by atoms with Crippen molar-refractivity contribution in [2.45, 2.75) is 26.7 Å². The van der Waals surface area contributed by atoms with Gasteiger partial charge in [0.2, 0.25) is 0 Å². The second-order valence-electron chi connectivity index (χ2n) is 3.82. The SMILES string of the molecule is CC=CCC(Cc1cccnc1)C(=O)OCC. The molecule has 0 spiro atoms. The monoisotopic (exact) mass is 233 g/mol. The molecule has 0 aromatic carbocycles. The molecule has 0 saturated heterocycles. The van der Waals surface area contributed by atoms with Gasteiger partial charge in [-0.25, -0.2) is 0 Å². The summed E-state index contributed by atoms with van der Waals surface area (Å²) in [5, 5.41) is 0. The molecule has 1 atom stereocenters. The van der Waals surface area contributed by atoms with Gasteiger partial charge in [-0.3, -0.25) is 9.78 Å². The minimum Gasteiger partial charge on any atom is -0.466 e.